The Kier molecular flexibility index (Phi) is 5.15. The van der Waals surface area contributed by atoms with Crippen LogP contribution in [0.15, 0.2) is 48.8 Å². The average molecular weight is 389 g/mol. The molecule has 2 aromatic heterocycles. The van der Waals surface area contributed by atoms with Gasteiger partial charge in [0.25, 0.3) is 0 Å². The van der Waals surface area contributed by atoms with Gasteiger partial charge in [-0.25, -0.2) is 9.67 Å². The summed E-state index contributed by atoms with van der Waals surface area (Å²) in [6.45, 7) is 2.16. The predicted molar refractivity (Wildman–Crippen MR) is 118 cm³/mol. The Balaban J connectivity index is 1.33. The number of nitrogens with zero attached hydrogens (tertiary/aromatic N) is 5. The second kappa shape index (κ2) is 8.23. The first-order valence-electron chi connectivity index (χ1n) is 10.8. The predicted octanol–water partition coefficient (Wildman–Crippen LogP) is 5.23. The minimum absolute atomic E-state index is 0.464. The zero-order chi connectivity index (χ0) is 19.5. The van der Waals surface area contributed by atoms with Crippen LogP contribution in [0.25, 0.3) is 11.0 Å². The summed E-state index contributed by atoms with van der Waals surface area (Å²) in [6.07, 6.45) is 16.8. The first-order valence-corrected chi connectivity index (χ1v) is 10.8. The smallest absolute Gasteiger partial charge is 0.229 e. The van der Waals surface area contributed by atoms with Gasteiger partial charge in [0.15, 0.2) is 5.65 Å². The van der Waals surface area contributed by atoms with E-state index in [-0.39, 0.29) is 0 Å². The molecule has 0 spiro atoms. The molecule has 1 aliphatic carbocycles. The molecule has 1 aromatic carbocycles. The van der Waals surface area contributed by atoms with Crippen molar-refractivity contribution in [1.82, 2.24) is 19.7 Å². The largest absolute Gasteiger partial charge is 0.371 e. The van der Waals surface area contributed by atoms with Crippen LogP contribution in [0, 0.1) is 0 Å². The molecule has 3 heterocycles. The molecule has 0 saturated heterocycles. The average Bonchev–Trinajstić information content (AvgIpc) is 3.00. The summed E-state index contributed by atoms with van der Waals surface area (Å²) >= 11 is 0. The second-order valence-electron chi connectivity index (χ2n) is 8.06. The maximum atomic E-state index is 4.79. The number of hydrogen-bond acceptors (Lipinski definition) is 5. The molecule has 3 aromatic rings. The highest BCUT2D eigenvalue weighted by molar-refractivity contribution is 5.75. The maximum Gasteiger partial charge on any atom is 0.229 e. The first kappa shape index (κ1) is 18.2. The summed E-state index contributed by atoms with van der Waals surface area (Å²) < 4.78 is 2.11. The van der Waals surface area contributed by atoms with Crippen molar-refractivity contribution in [1.29, 1.82) is 0 Å². The van der Waals surface area contributed by atoms with Crippen molar-refractivity contribution in [2.45, 2.75) is 51.0 Å². The first-order chi connectivity index (χ1) is 14.4. The highest BCUT2D eigenvalue weighted by atomic mass is 15.3. The number of hydrogen-bond donors (Lipinski definition) is 1. The Labute approximate surface area is 171 Å². The van der Waals surface area contributed by atoms with Crippen LogP contribution in [-0.4, -0.2) is 32.8 Å². The van der Waals surface area contributed by atoms with Gasteiger partial charge in [0.2, 0.25) is 5.95 Å². The molecule has 0 amide bonds. The number of benzene rings is 1. The maximum absolute atomic E-state index is 4.79. The highest BCUT2D eigenvalue weighted by Gasteiger charge is 2.19. The summed E-state index contributed by atoms with van der Waals surface area (Å²) in [7, 11) is 0. The van der Waals surface area contributed by atoms with Crippen LogP contribution in [0.3, 0.4) is 0 Å². The quantitative estimate of drug-likeness (QED) is 0.620. The Morgan fingerprint density at radius 3 is 2.41 bits per heavy atom. The Morgan fingerprint density at radius 2 is 1.66 bits per heavy atom. The molecule has 1 fully saturated rings. The molecule has 0 bridgehead atoms. The van der Waals surface area contributed by atoms with E-state index in [4.69, 9.17) is 4.98 Å². The standard InChI is InChI=1S/C23H28N6/c1-2-7-15-28(14-6-1)20-12-10-19(11-13-20)26-23-24-16-18-17-25-29(22(18)27-23)21-8-4-3-5-9-21/h1-2,10-13,16-17,21H,3-9,14-15H2,(H,24,26,27). The van der Waals surface area contributed by atoms with E-state index in [0.717, 1.165) is 42.7 Å². The molecule has 2 aliphatic rings. The van der Waals surface area contributed by atoms with E-state index in [1.54, 1.807) is 0 Å². The number of nitrogens with one attached hydrogen (secondary N) is 1. The van der Waals surface area contributed by atoms with E-state index in [0.29, 0.717) is 12.0 Å². The van der Waals surface area contributed by atoms with Crippen LogP contribution in [0.4, 0.5) is 17.3 Å². The van der Waals surface area contributed by atoms with Crippen LogP contribution in [0.5, 0.6) is 0 Å². The lowest BCUT2D eigenvalue weighted by atomic mass is 9.96. The fourth-order valence-corrected chi connectivity index (χ4v) is 4.44. The second-order valence-corrected chi connectivity index (χ2v) is 8.06. The molecule has 6 nitrogen and oxygen atoms in total. The van der Waals surface area contributed by atoms with Crippen molar-refractivity contribution in [3.63, 3.8) is 0 Å². The number of aromatic nitrogens is 4. The molecule has 0 atom stereocenters. The van der Waals surface area contributed by atoms with Crippen molar-refractivity contribution >= 4 is 28.4 Å². The van der Waals surface area contributed by atoms with Gasteiger partial charge in [0, 0.05) is 30.7 Å². The summed E-state index contributed by atoms with van der Waals surface area (Å²) in [5, 5.41) is 8.98. The fourth-order valence-electron chi connectivity index (χ4n) is 4.44. The zero-order valence-corrected chi connectivity index (χ0v) is 16.8. The van der Waals surface area contributed by atoms with Gasteiger partial charge in [0.1, 0.15) is 0 Å². The molecule has 1 aliphatic heterocycles. The van der Waals surface area contributed by atoms with E-state index < -0.39 is 0 Å². The zero-order valence-electron chi connectivity index (χ0n) is 16.8. The normalized spacial score (nSPS) is 18.1. The third-order valence-electron chi connectivity index (χ3n) is 6.04. The summed E-state index contributed by atoms with van der Waals surface area (Å²) in [5.41, 5.74) is 3.21. The molecule has 0 radical (unpaired) electrons. The van der Waals surface area contributed by atoms with Crippen molar-refractivity contribution in [2.24, 2.45) is 0 Å². The molecule has 0 unspecified atom stereocenters. The summed E-state index contributed by atoms with van der Waals surface area (Å²) in [5.74, 6) is 0.627. The van der Waals surface area contributed by atoms with Gasteiger partial charge >= 0.3 is 0 Å². The van der Waals surface area contributed by atoms with Crippen LogP contribution < -0.4 is 10.2 Å². The van der Waals surface area contributed by atoms with E-state index in [9.17, 15) is 0 Å². The van der Waals surface area contributed by atoms with Crippen LogP contribution in [0.1, 0.15) is 51.0 Å². The van der Waals surface area contributed by atoms with Gasteiger partial charge in [-0.15, -0.1) is 0 Å². The highest BCUT2D eigenvalue weighted by Crippen LogP contribution is 2.30. The lowest BCUT2D eigenvalue weighted by Crippen LogP contribution is -2.23. The van der Waals surface area contributed by atoms with Crippen LogP contribution in [0.2, 0.25) is 0 Å². The van der Waals surface area contributed by atoms with Crippen molar-refractivity contribution in [2.75, 3.05) is 23.3 Å². The minimum Gasteiger partial charge on any atom is -0.371 e. The van der Waals surface area contributed by atoms with Gasteiger partial charge < -0.3 is 10.2 Å². The molecule has 29 heavy (non-hydrogen) atoms. The summed E-state index contributed by atoms with van der Waals surface area (Å²) in [6, 6.07) is 9.04. The molecular formula is C23H28N6. The van der Waals surface area contributed by atoms with E-state index >= 15 is 0 Å². The molecular weight excluding hydrogens is 360 g/mol. The Hall–Kier alpha value is -2.89. The van der Waals surface area contributed by atoms with Crippen LogP contribution >= 0.6 is 0 Å². The molecule has 5 rings (SSSR count). The Morgan fingerprint density at radius 1 is 0.897 bits per heavy atom. The Bertz CT molecular complexity index is 974. The third-order valence-corrected chi connectivity index (χ3v) is 6.04. The molecule has 1 N–H and O–H groups in total. The van der Waals surface area contributed by atoms with E-state index in [2.05, 4.69) is 61.4 Å². The van der Waals surface area contributed by atoms with Crippen molar-refractivity contribution in [3.8, 4) is 0 Å². The fraction of sp³-hybridized carbons (Fsp3) is 0.435. The molecule has 150 valence electrons. The van der Waals surface area contributed by atoms with Gasteiger partial charge in [-0.3, -0.25) is 0 Å². The van der Waals surface area contributed by atoms with Gasteiger partial charge in [-0.05, 0) is 49.9 Å². The number of fused-ring (bicyclic) bond motifs is 1. The van der Waals surface area contributed by atoms with Crippen molar-refractivity contribution < 1.29 is 0 Å². The lowest BCUT2D eigenvalue weighted by molar-refractivity contribution is 0.336. The third kappa shape index (κ3) is 3.97. The SMILES string of the molecule is C1=CCCN(c2ccc(Nc3ncc4cnn(C5CCCCC5)c4n3)cc2)CC1. The molecule has 1 saturated carbocycles. The number of anilines is 3. The van der Waals surface area contributed by atoms with Gasteiger partial charge in [-0.2, -0.15) is 10.1 Å². The lowest BCUT2D eigenvalue weighted by Gasteiger charge is -2.23. The van der Waals surface area contributed by atoms with E-state index in [1.807, 2.05) is 12.4 Å². The summed E-state index contributed by atoms with van der Waals surface area (Å²) in [4.78, 5) is 11.7. The number of rotatable bonds is 4. The molecule has 6 heteroatoms. The van der Waals surface area contributed by atoms with Crippen LogP contribution in [-0.2, 0) is 0 Å². The monoisotopic (exact) mass is 388 g/mol. The minimum atomic E-state index is 0.464. The van der Waals surface area contributed by atoms with Gasteiger partial charge in [-0.1, -0.05) is 31.4 Å². The van der Waals surface area contributed by atoms with E-state index in [1.165, 1.54) is 37.8 Å². The van der Waals surface area contributed by atoms with Gasteiger partial charge in [0.05, 0.1) is 17.6 Å². The van der Waals surface area contributed by atoms with Crippen molar-refractivity contribution in [3.05, 3.63) is 48.8 Å². The topological polar surface area (TPSA) is 58.9 Å².